The van der Waals surface area contributed by atoms with Gasteiger partial charge in [0, 0.05) is 6.08 Å². The van der Waals surface area contributed by atoms with Crippen molar-refractivity contribution in [3.63, 3.8) is 0 Å². The molecule has 0 saturated heterocycles. The van der Waals surface area contributed by atoms with Gasteiger partial charge in [-0.15, -0.1) is 0 Å². The molecule has 0 aliphatic carbocycles. The number of rotatable bonds is 10. The van der Waals surface area contributed by atoms with Crippen LogP contribution in [0.5, 0.6) is 0 Å². The van der Waals surface area contributed by atoms with E-state index in [0.29, 0.717) is 0 Å². The SMILES string of the molecule is C/C=C/C=C/C(=O)N(CC(N)=O)NC(=O)C(C)NC(=O)C(C)NC(=O)OCc1ccccc1. The number of hydrazine groups is 1. The number of carbonyl (C=O) groups excluding carboxylic acids is 5. The van der Waals surface area contributed by atoms with E-state index in [1.165, 1.54) is 19.9 Å². The van der Waals surface area contributed by atoms with Crippen molar-refractivity contribution in [2.45, 2.75) is 39.5 Å². The summed E-state index contributed by atoms with van der Waals surface area (Å²) in [6, 6.07) is 6.90. The van der Waals surface area contributed by atoms with Crippen LogP contribution >= 0.6 is 0 Å². The van der Waals surface area contributed by atoms with E-state index < -0.39 is 48.4 Å². The Bertz CT molecular complexity index is 900. The maximum atomic E-state index is 12.4. The standard InChI is InChI=1S/C22H29N5O6/c1-4-5-7-12-19(29)27(13-18(23)28)26-21(31)16(3)24-20(30)15(2)25-22(32)33-14-17-10-8-6-9-11-17/h4-12,15-16H,13-14H2,1-3H3,(H2,23,28)(H,24,30)(H,25,32)(H,26,31)/b5-4+,12-7+. The van der Waals surface area contributed by atoms with Crippen molar-refractivity contribution >= 4 is 29.7 Å². The smallest absolute Gasteiger partial charge is 0.408 e. The van der Waals surface area contributed by atoms with E-state index in [1.807, 2.05) is 6.07 Å². The van der Waals surface area contributed by atoms with Crippen LogP contribution in [0.4, 0.5) is 4.79 Å². The molecule has 1 rings (SSSR count). The zero-order chi connectivity index (χ0) is 24.8. The zero-order valence-electron chi connectivity index (χ0n) is 18.7. The molecule has 0 aromatic heterocycles. The van der Waals surface area contributed by atoms with Gasteiger partial charge in [-0.1, -0.05) is 48.6 Å². The maximum Gasteiger partial charge on any atom is 0.408 e. The number of alkyl carbamates (subject to hydrolysis) is 1. The number of benzene rings is 1. The Balaban J connectivity index is 2.58. The Kier molecular flexibility index (Phi) is 11.4. The van der Waals surface area contributed by atoms with E-state index >= 15 is 0 Å². The van der Waals surface area contributed by atoms with E-state index in [1.54, 1.807) is 43.3 Å². The molecule has 0 bridgehead atoms. The van der Waals surface area contributed by atoms with Gasteiger partial charge in [0.05, 0.1) is 0 Å². The molecule has 0 heterocycles. The molecule has 2 atom stereocenters. The number of hydrogen-bond acceptors (Lipinski definition) is 6. The van der Waals surface area contributed by atoms with Crippen LogP contribution in [-0.2, 0) is 30.5 Å². The second-order valence-corrected chi connectivity index (χ2v) is 6.91. The fraction of sp³-hybridized carbons (Fsp3) is 0.318. The number of nitrogens with two attached hydrogens (primary N) is 1. The molecule has 2 unspecified atom stereocenters. The quantitative estimate of drug-likeness (QED) is 0.223. The van der Waals surface area contributed by atoms with E-state index in [0.717, 1.165) is 16.6 Å². The van der Waals surface area contributed by atoms with Crippen LogP contribution in [0.3, 0.4) is 0 Å². The van der Waals surface area contributed by atoms with Crippen LogP contribution in [0.2, 0.25) is 0 Å². The fourth-order valence-electron chi connectivity index (χ4n) is 2.31. The monoisotopic (exact) mass is 459 g/mol. The van der Waals surface area contributed by atoms with Crippen molar-refractivity contribution in [3.05, 3.63) is 60.2 Å². The van der Waals surface area contributed by atoms with Crippen molar-refractivity contribution in [1.82, 2.24) is 21.1 Å². The molecule has 33 heavy (non-hydrogen) atoms. The first kappa shape index (κ1) is 26.9. The van der Waals surface area contributed by atoms with E-state index in [2.05, 4.69) is 16.1 Å². The minimum absolute atomic E-state index is 0.0338. The third-order valence-corrected chi connectivity index (χ3v) is 4.06. The predicted octanol–water partition coefficient (Wildman–Crippen LogP) is 0.283. The first-order valence-corrected chi connectivity index (χ1v) is 10.1. The lowest BCUT2D eigenvalue weighted by Crippen LogP contribution is -2.56. The number of carbonyl (C=O) groups is 5. The number of primary amides is 1. The highest BCUT2D eigenvalue weighted by molar-refractivity contribution is 5.95. The van der Waals surface area contributed by atoms with Gasteiger partial charge in [-0.25, -0.2) is 9.80 Å². The van der Waals surface area contributed by atoms with Crippen LogP contribution in [0.1, 0.15) is 26.3 Å². The normalized spacial score (nSPS) is 12.6. The van der Waals surface area contributed by atoms with Gasteiger partial charge < -0.3 is 21.1 Å². The highest BCUT2D eigenvalue weighted by Gasteiger charge is 2.24. The molecule has 0 radical (unpaired) electrons. The number of nitrogens with one attached hydrogen (secondary N) is 3. The summed E-state index contributed by atoms with van der Waals surface area (Å²) < 4.78 is 5.05. The largest absolute Gasteiger partial charge is 0.445 e. The number of allylic oxidation sites excluding steroid dienone is 3. The van der Waals surface area contributed by atoms with Gasteiger partial charge in [0.15, 0.2) is 0 Å². The van der Waals surface area contributed by atoms with Gasteiger partial charge in [-0.3, -0.25) is 24.6 Å². The summed E-state index contributed by atoms with van der Waals surface area (Å²) >= 11 is 0. The summed E-state index contributed by atoms with van der Waals surface area (Å²) in [7, 11) is 0. The molecule has 1 aromatic rings. The molecule has 178 valence electrons. The predicted molar refractivity (Wildman–Crippen MR) is 120 cm³/mol. The van der Waals surface area contributed by atoms with Crippen molar-refractivity contribution in [2.75, 3.05) is 6.54 Å². The molecule has 0 fully saturated rings. The molecular weight excluding hydrogens is 430 g/mol. The highest BCUT2D eigenvalue weighted by Crippen LogP contribution is 2.01. The van der Waals surface area contributed by atoms with Crippen LogP contribution in [-0.4, -0.2) is 53.4 Å². The van der Waals surface area contributed by atoms with E-state index in [9.17, 15) is 24.0 Å². The maximum absolute atomic E-state index is 12.4. The average molecular weight is 460 g/mol. The van der Waals surface area contributed by atoms with Crippen LogP contribution in [0.15, 0.2) is 54.6 Å². The molecular formula is C22H29N5O6. The summed E-state index contributed by atoms with van der Waals surface area (Å²) in [5, 5.41) is 5.50. The minimum Gasteiger partial charge on any atom is -0.445 e. The van der Waals surface area contributed by atoms with Crippen molar-refractivity contribution in [3.8, 4) is 0 Å². The molecule has 11 heteroatoms. The lowest BCUT2D eigenvalue weighted by atomic mass is 10.2. The van der Waals surface area contributed by atoms with E-state index in [-0.39, 0.29) is 6.61 Å². The topological polar surface area (TPSA) is 160 Å². The highest BCUT2D eigenvalue weighted by atomic mass is 16.5. The van der Waals surface area contributed by atoms with Gasteiger partial charge in [0.2, 0.25) is 11.8 Å². The number of ether oxygens (including phenoxy) is 1. The number of nitrogens with zero attached hydrogens (tertiary/aromatic N) is 1. The summed E-state index contributed by atoms with van der Waals surface area (Å²) in [6.07, 6.45) is 5.04. The minimum atomic E-state index is -1.09. The Hall–Kier alpha value is -4.15. The number of hydrogen-bond donors (Lipinski definition) is 4. The summed E-state index contributed by atoms with van der Waals surface area (Å²) in [6.45, 7) is 4.01. The van der Waals surface area contributed by atoms with Crippen molar-refractivity contribution < 1.29 is 28.7 Å². The fourth-order valence-corrected chi connectivity index (χ4v) is 2.31. The Morgan fingerprint density at radius 2 is 1.64 bits per heavy atom. The van der Waals surface area contributed by atoms with Crippen LogP contribution in [0, 0.1) is 0 Å². The second-order valence-electron chi connectivity index (χ2n) is 6.91. The number of amides is 5. The van der Waals surface area contributed by atoms with Crippen LogP contribution < -0.4 is 21.8 Å². The molecule has 5 N–H and O–H groups in total. The Morgan fingerprint density at radius 1 is 1.00 bits per heavy atom. The summed E-state index contributed by atoms with van der Waals surface area (Å²) in [5.41, 5.74) is 8.15. The third kappa shape index (κ3) is 10.6. The van der Waals surface area contributed by atoms with Crippen LogP contribution in [0.25, 0.3) is 0 Å². The summed E-state index contributed by atoms with van der Waals surface area (Å²) in [5.74, 6) is -2.95. The van der Waals surface area contributed by atoms with Gasteiger partial charge >= 0.3 is 6.09 Å². The van der Waals surface area contributed by atoms with Gasteiger partial charge in [-0.2, -0.15) is 0 Å². The van der Waals surface area contributed by atoms with Gasteiger partial charge in [0.25, 0.3) is 11.8 Å². The first-order chi connectivity index (χ1) is 15.6. The average Bonchev–Trinajstić information content (AvgIpc) is 2.77. The lowest BCUT2D eigenvalue weighted by Gasteiger charge is -2.24. The molecule has 5 amide bonds. The Labute approximate surface area is 192 Å². The lowest BCUT2D eigenvalue weighted by molar-refractivity contribution is -0.142. The van der Waals surface area contributed by atoms with Gasteiger partial charge in [0.1, 0.15) is 25.2 Å². The summed E-state index contributed by atoms with van der Waals surface area (Å²) in [4.78, 5) is 60.0. The van der Waals surface area contributed by atoms with Crippen molar-refractivity contribution in [2.24, 2.45) is 5.73 Å². The van der Waals surface area contributed by atoms with E-state index in [4.69, 9.17) is 10.5 Å². The van der Waals surface area contributed by atoms with Gasteiger partial charge in [-0.05, 0) is 26.3 Å². The second kappa shape index (κ2) is 14.0. The molecule has 1 aromatic carbocycles. The first-order valence-electron chi connectivity index (χ1n) is 10.1. The molecule has 0 aliphatic heterocycles. The molecule has 0 saturated carbocycles. The third-order valence-electron chi connectivity index (χ3n) is 4.06. The van der Waals surface area contributed by atoms with Crippen molar-refractivity contribution in [1.29, 1.82) is 0 Å². The molecule has 0 spiro atoms. The molecule has 11 nitrogen and oxygen atoms in total. The Morgan fingerprint density at radius 3 is 2.24 bits per heavy atom. The molecule has 0 aliphatic rings. The zero-order valence-corrected chi connectivity index (χ0v) is 18.7.